The highest BCUT2D eigenvalue weighted by molar-refractivity contribution is 5.89. The maximum Gasteiger partial charge on any atom is 0.339 e. The molecule has 3 aromatic rings. The Morgan fingerprint density at radius 1 is 1.26 bits per heavy atom. The van der Waals surface area contributed by atoms with E-state index in [0.29, 0.717) is 24.2 Å². The molecule has 0 fully saturated rings. The molecule has 0 saturated heterocycles. The zero-order chi connectivity index (χ0) is 22.0. The van der Waals surface area contributed by atoms with E-state index in [1.807, 2.05) is 38.1 Å². The largest absolute Gasteiger partial charge is 0.487 e. The van der Waals surface area contributed by atoms with Crippen molar-refractivity contribution < 1.29 is 19.1 Å². The zero-order valence-corrected chi connectivity index (χ0v) is 17.7. The van der Waals surface area contributed by atoms with Crippen LogP contribution >= 0.6 is 0 Å². The number of amides is 1. The van der Waals surface area contributed by atoms with E-state index in [4.69, 9.17) is 9.47 Å². The molecule has 0 aliphatic carbocycles. The van der Waals surface area contributed by atoms with Gasteiger partial charge < -0.3 is 14.8 Å². The lowest BCUT2D eigenvalue weighted by molar-refractivity contribution is -0.122. The van der Waals surface area contributed by atoms with E-state index in [1.165, 1.54) is 13.3 Å². The highest BCUT2D eigenvalue weighted by atomic mass is 16.5. The molecule has 1 aromatic carbocycles. The summed E-state index contributed by atoms with van der Waals surface area (Å²) in [5.41, 5.74) is 4.86. The van der Waals surface area contributed by atoms with Crippen LogP contribution in [0.2, 0.25) is 0 Å². The van der Waals surface area contributed by atoms with Gasteiger partial charge in [0.15, 0.2) is 0 Å². The van der Waals surface area contributed by atoms with Gasteiger partial charge in [0.05, 0.1) is 30.6 Å². The second-order valence-corrected chi connectivity index (χ2v) is 7.55. The number of methoxy groups -OCH3 is 1. The lowest BCUT2D eigenvalue weighted by Crippen LogP contribution is -2.36. The maximum absolute atomic E-state index is 12.3. The number of para-hydroxylation sites is 1. The summed E-state index contributed by atoms with van der Waals surface area (Å²) in [6.45, 7) is 4.42. The smallest absolute Gasteiger partial charge is 0.339 e. The third-order valence-electron chi connectivity index (χ3n) is 5.21. The number of hydrogen-bond acceptors (Lipinski definition) is 6. The minimum absolute atomic E-state index is 0.106. The van der Waals surface area contributed by atoms with Gasteiger partial charge in [-0.05, 0) is 43.7 Å². The number of nitrogens with one attached hydrogen (secondary N) is 1. The van der Waals surface area contributed by atoms with Crippen molar-refractivity contribution in [2.24, 2.45) is 0 Å². The topological polar surface area (TPSA) is 95.3 Å². The molecule has 0 bridgehead atoms. The van der Waals surface area contributed by atoms with E-state index in [0.717, 1.165) is 28.3 Å². The SMILES string of the molecule is COC(=O)c1ccc(-c2cccc3c2O[C@H](CNC(=O)Cn2nc(C)cc2C)C3)nc1. The van der Waals surface area contributed by atoms with Crippen LogP contribution in [0, 0.1) is 13.8 Å². The van der Waals surface area contributed by atoms with Crippen LogP contribution in [0.25, 0.3) is 11.3 Å². The second-order valence-electron chi connectivity index (χ2n) is 7.55. The monoisotopic (exact) mass is 420 g/mol. The van der Waals surface area contributed by atoms with Crippen molar-refractivity contribution >= 4 is 11.9 Å². The number of carbonyl (C=O) groups is 2. The number of fused-ring (bicyclic) bond motifs is 1. The summed E-state index contributed by atoms with van der Waals surface area (Å²) >= 11 is 0. The normalized spacial score (nSPS) is 14.6. The number of rotatable bonds is 6. The Kier molecular flexibility index (Phi) is 5.70. The minimum Gasteiger partial charge on any atom is -0.487 e. The Balaban J connectivity index is 1.40. The molecule has 0 unspecified atom stereocenters. The van der Waals surface area contributed by atoms with Crippen LogP contribution in [-0.2, 0) is 22.5 Å². The summed E-state index contributed by atoms with van der Waals surface area (Å²) in [6, 6.07) is 11.3. The molecule has 160 valence electrons. The average molecular weight is 420 g/mol. The van der Waals surface area contributed by atoms with Crippen molar-refractivity contribution in [2.45, 2.75) is 32.9 Å². The lowest BCUT2D eigenvalue weighted by atomic mass is 10.0. The van der Waals surface area contributed by atoms with Gasteiger partial charge in [-0.15, -0.1) is 0 Å². The number of pyridine rings is 1. The number of benzene rings is 1. The van der Waals surface area contributed by atoms with Gasteiger partial charge in [-0.25, -0.2) is 4.79 Å². The molecule has 0 radical (unpaired) electrons. The maximum atomic E-state index is 12.3. The Hall–Kier alpha value is -3.68. The minimum atomic E-state index is -0.426. The summed E-state index contributed by atoms with van der Waals surface area (Å²) in [5, 5.41) is 7.26. The van der Waals surface area contributed by atoms with Crippen molar-refractivity contribution in [3.05, 3.63) is 65.1 Å². The molecule has 4 rings (SSSR count). The molecule has 8 nitrogen and oxygen atoms in total. The standard InChI is InChI=1S/C23H24N4O4/c1-14-9-15(2)27(26-14)13-21(28)25-12-18-10-16-5-4-6-19(22(16)31-18)20-8-7-17(11-24-20)23(29)30-3/h4-9,11,18H,10,12-13H2,1-3H3,(H,25,28)/t18-/m0/s1. The molecule has 1 N–H and O–H groups in total. The first-order valence-corrected chi connectivity index (χ1v) is 10.1. The molecular formula is C23H24N4O4. The number of hydrogen-bond donors (Lipinski definition) is 1. The van der Waals surface area contributed by atoms with Crippen LogP contribution < -0.4 is 10.1 Å². The Labute approximate surface area is 180 Å². The van der Waals surface area contributed by atoms with E-state index >= 15 is 0 Å². The van der Waals surface area contributed by atoms with Crippen LogP contribution in [0.1, 0.15) is 27.3 Å². The highest BCUT2D eigenvalue weighted by Gasteiger charge is 2.26. The second kappa shape index (κ2) is 8.59. The van der Waals surface area contributed by atoms with E-state index in [9.17, 15) is 9.59 Å². The predicted octanol–water partition coefficient (Wildman–Crippen LogP) is 2.47. The van der Waals surface area contributed by atoms with Crippen LogP contribution in [0.3, 0.4) is 0 Å². The van der Waals surface area contributed by atoms with Crippen molar-refractivity contribution in [1.82, 2.24) is 20.1 Å². The van der Waals surface area contributed by atoms with Gasteiger partial charge in [0.1, 0.15) is 18.4 Å². The molecule has 0 saturated carbocycles. The molecule has 2 aromatic heterocycles. The average Bonchev–Trinajstić information content (AvgIpc) is 3.33. The van der Waals surface area contributed by atoms with E-state index in [2.05, 4.69) is 15.4 Å². The third kappa shape index (κ3) is 4.42. The number of esters is 1. The number of carbonyl (C=O) groups excluding carboxylic acids is 2. The van der Waals surface area contributed by atoms with Crippen molar-refractivity contribution in [1.29, 1.82) is 0 Å². The van der Waals surface area contributed by atoms with Crippen LogP contribution in [0.15, 0.2) is 42.6 Å². The quantitative estimate of drug-likeness (QED) is 0.616. The van der Waals surface area contributed by atoms with Crippen molar-refractivity contribution in [3.63, 3.8) is 0 Å². The molecule has 1 amide bonds. The number of nitrogens with zero attached hydrogens (tertiary/aromatic N) is 3. The van der Waals surface area contributed by atoms with Gasteiger partial charge in [0.2, 0.25) is 5.91 Å². The third-order valence-corrected chi connectivity index (χ3v) is 5.21. The Morgan fingerprint density at radius 2 is 2.10 bits per heavy atom. The lowest BCUT2D eigenvalue weighted by Gasteiger charge is -2.14. The van der Waals surface area contributed by atoms with Crippen LogP contribution in [0.4, 0.5) is 0 Å². The molecular weight excluding hydrogens is 396 g/mol. The number of aryl methyl sites for hydroxylation is 2. The first-order chi connectivity index (χ1) is 14.9. The number of ether oxygens (including phenoxy) is 2. The van der Waals surface area contributed by atoms with E-state index < -0.39 is 5.97 Å². The van der Waals surface area contributed by atoms with E-state index in [1.54, 1.807) is 16.8 Å². The molecule has 8 heteroatoms. The molecule has 1 aliphatic heterocycles. The summed E-state index contributed by atoms with van der Waals surface area (Å²) in [5.74, 6) is 0.231. The van der Waals surface area contributed by atoms with Crippen molar-refractivity contribution in [2.75, 3.05) is 13.7 Å². The van der Waals surface area contributed by atoms with Gasteiger partial charge in [-0.1, -0.05) is 12.1 Å². The van der Waals surface area contributed by atoms with Gasteiger partial charge in [-0.2, -0.15) is 5.10 Å². The Morgan fingerprint density at radius 3 is 2.77 bits per heavy atom. The summed E-state index contributed by atoms with van der Waals surface area (Å²) in [7, 11) is 1.34. The summed E-state index contributed by atoms with van der Waals surface area (Å²) < 4.78 is 12.6. The van der Waals surface area contributed by atoms with Gasteiger partial charge in [-0.3, -0.25) is 14.5 Å². The molecule has 31 heavy (non-hydrogen) atoms. The van der Waals surface area contributed by atoms with Crippen LogP contribution in [-0.4, -0.2) is 46.4 Å². The zero-order valence-electron chi connectivity index (χ0n) is 17.7. The first-order valence-electron chi connectivity index (χ1n) is 10.1. The predicted molar refractivity (Wildman–Crippen MR) is 114 cm³/mol. The fourth-order valence-electron chi connectivity index (χ4n) is 3.70. The molecule has 0 spiro atoms. The fourth-order valence-corrected chi connectivity index (χ4v) is 3.70. The summed E-state index contributed by atoms with van der Waals surface area (Å²) in [4.78, 5) is 28.3. The molecule has 1 atom stereocenters. The molecule has 1 aliphatic rings. The number of aromatic nitrogens is 3. The molecule has 3 heterocycles. The highest BCUT2D eigenvalue weighted by Crippen LogP contribution is 2.37. The summed E-state index contributed by atoms with van der Waals surface area (Å²) in [6.07, 6.45) is 2.03. The van der Waals surface area contributed by atoms with Gasteiger partial charge in [0.25, 0.3) is 0 Å². The first kappa shape index (κ1) is 20.6. The van der Waals surface area contributed by atoms with Gasteiger partial charge >= 0.3 is 5.97 Å². The van der Waals surface area contributed by atoms with E-state index in [-0.39, 0.29) is 18.6 Å². The van der Waals surface area contributed by atoms with Crippen LogP contribution in [0.5, 0.6) is 5.75 Å². The fraction of sp³-hybridized carbons (Fsp3) is 0.304. The van der Waals surface area contributed by atoms with Crippen molar-refractivity contribution in [3.8, 4) is 17.0 Å². The van der Waals surface area contributed by atoms with Gasteiger partial charge in [0, 0.05) is 23.9 Å². The Bertz CT molecular complexity index is 1120.